The molecule has 0 saturated heterocycles. The lowest BCUT2D eigenvalue weighted by molar-refractivity contribution is 0.562. The Morgan fingerprint density at radius 2 is 2.19 bits per heavy atom. The largest absolute Gasteiger partial charge is 0.309 e. The zero-order valence-electron chi connectivity index (χ0n) is 12.5. The minimum Gasteiger partial charge on any atom is -0.309 e. The third-order valence-electron chi connectivity index (χ3n) is 3.75. The van der Waals surface area contributed by atoms with Crippen molar-refractivity contribution in [1.82, 2.24) is 25.5 Å². The van der Waals surface area contributed by atoms with Crippen LogP contribution >= 0.6 is 11.8 Å². The summed E-state index contributed by atoms with van der Waals surface area (Å²) in [5.41, 5.74) is 2.68. The second-order valence-corrected chi connectivity index (χ2v) is 6.40. The molecule has 0 radical (unpaired) electrons. The molecule has 5 nitrogen and oxygen atoms in total. The molecule has 1 fully saturated rings. The van der Waals surface area contributed by atoms with Crippen LogP contribution in [0.1, 0.15) is 43.0 Å². The molecule has 1 saturated carbocycles. The second-order valence-electron chi connectivity index (χ2n) is 5.42. The SMILES string of the molecule is CCNC(CSc1nnnn1C1CC1)c1ccccc1C. The number of nitrogens with one attached hydrogen (secondary N) is 1. The first-order chi connectivity index (χ1) is 10.3. The van der Waals surface area contributed by atoms with Gasteiger partial charge in [0, 0.05) is 11.8 Å². The first-order valence-electron chi connectivity index (χ1n) is 7.49. The maximum Gasteiger partial charge on any atom is 0.209 e. The van der Waals surface area contributed by atoms with Gasteiger partial charge in [-0.25, -0.2) is 4.68 Å². The lowest BCUT2D eigenvalue weighted by Crippen LogP contribution is -2.24. The van der Waals surface area contributed by atoms with Crippen LogP contribution in [0.2, 0.25) is 0 Å². The van der Waals surface area contributed by atoms with Crippen LogP contribution in [-0.2, 0) is 0 Å². The summed E-state index contributed by atoms with van der Waals surface area (Å²) in [5, 5.41) is 16.6. The van der Waals surface area contributed by atoms with Crippen LogP contribution in [0.5, 0.6) is 0 Å². The van der Waals surface area contributed by atoms with E-state index in [1.54, 1.807) is 11.8 Å². The highest BCUT2D eigenvalue weighted by Gasteiger charge is 2.28. The van der Waals surface area contributed by atoms with E-state index in [9.17, 15) is 0 Å². The molecule has 1 atom stereocenters. The Hall–Kier alpha value is -1.40. The normalized spacial score (nSPS) is 16.1. The summed E-state index contributed by atoms with van der Waals surface area (Å²) in [7, 11) is 0. The summed E-state index contributed by atoms with van der Waals surface area (Å²) in [4.78, 5) is 0. The standard InChI is InChI=1S/C15H21N5S/c1-3-16-14(13-7-5-4-6-11(13)2)10-21-15-17-18-19-20(15)12-8-9-12/h4-7,12,14,16H,3,8-10H2,1-2H3. The highest BCUT2D eigenvalue weighted by Crippen LogP contribution is 2.37. The molecule has 1 aromatic heterocycles. The van der Waals surface area contributed by atoms with Crippen molar-refractivity contribution < 1.29 is 0 Å². The molecule has 0 bridgehead atoms. The number of hydrogen-bond donors (Lipinski definition) is 1. The molecule has 3 rings (SSSR count). The van der Waals surface area contributed by atoms with Crippen LogP contribution in [0.15, 0.2) is 29.4 Å². The number of aryl methyl sites for hydroxylation is 1. The molecule has 112 valence electrons. The number of tetrazole rings is 1. The van der Waals surface area contributed by atoms with E-state index in [2.05, 4.69) is 59.0 Å². The summed E-state index contributed by atoms with van der Waals surface area (Å²) in [6.45, 7) is 5.26. The zero-order chi connectivity index (χ0) is 14.7. The van der Waals surface area contributed by atoms with Crippen molar-refractivity contribution in [2.75, 3.05) is 12.3 Å². The predicted octanol–water partition coefficient (Wildman–Crippen LogP) is 2.76. The van der Waals surface area contributed by atoms with Gasteiger partial charge in [0.15, 0.2) is 0 Å². The molecule has 1 unspecified atom stereocenters. The molecular weight excluding hydrogens is 282 g/mol. The fourth-order valence-electron chi connectivity index (χ4n) is 2.47. The molecule has 6 heteroatoms. The van der Waals surface area contributed by atoms with Crippen molar-refractivity contribution in [1.29, 1.82) is 0 Å². The van der Waals surface area contributed by atoms with Gasteiger partial charge in [-0.15, -0.1) is 5.10 Å². The number of nitrogens with zero attached hydrogens (tertiary/aromatic N) is 4. The molecule has 1 aromatic carbocycles. The lowest BCUT2D eigenvalue weighted by atomic mass is 10.0. The monoisotopic (exact) mass is 303 g/mol. The van der Waals surface area contributed by atoms with Gasteiger partial charge in [0.1, 0.15) is 0 Å². The van der Waals surface area contributed by atoms with E-state index in [4.69, 9.17) is 0 Å². The summed E-state index contributed by atoms with van der Waals surface area (Å²) in [6.07, 6.45) is 2.40. The van der Waals surface area contributed by atoms with E-state index in [0.717, 1.165) is 17.5 Å². The lowest BCUT2D eigenvalue weighted by Gasteiger charge is -2.19. The van der Waals surface area contributed by atoms with Gasteiger partial charge >= 0.3 is 0 Å². The summed E-state index contributed by atoms with van der Waals surface area (Å²) in [6, 6.07) is 9.41. The molecule has 1 aliphatic carbocycles. The van der Waals surface area contributed by atoms with E-state index >= 15 is 0 Å². The minimum atomic E-state index is 0.325. The van der Waals surface area contributed by atoms with Crippen molar-refractivity contribution in [2.45, 2.75) is 43.9 Å². The van der Waals surface area contributed by atoms with E-state index < -0.39 is 0 Å². The van der Waals surface area contributed by atoms with Gasteiger partial charge in [-0.1, -0.05) is 43.0 Å². The van der Waals surface area contributed by atoms with Crippen LogP contribution in [0, 0.1) is 6.92 Å². The molecule has 21 heavy (non-hydrogen) atoms. The molecular formula is C15H21N5S. The maximum absolute atomic E-state index is 4.16. The van der Waals surface area contributed by atoms with Gasteiger partial charge < -0.3 is 5.32 Å². The Balaban J connectivity index is 1.70. The summed E-state index contributed by atoms with van der Waals surface area (Å²) < 4.78 is 1.98. The molecule has 0 aliphatic heterocycles. The smallest absolute Gasteiger partial charge is 0.209 e. The summed E-state index contributed by atoms with van der Waals surface area (Å²) in [5.74, 6) is 0.936. The third kappa shape index (κ3) is 3.44. The Kier molecular flexibility index (Phi) is 4.55. The van der Waals surface area contributed by atoms with Gasteiger partial charge in [0.25, 0.3) is 0 Å². The van der Waals surface area contributed by atoms with Gasteiger partial charge in [-0.2, -0.15) is 0 Å². The highest BCUT2D eigenvalue weighted by molar-refractivity contribution is 7.99. The Bertz CT molecular complexity index is 593. The molecule has 0 spiro atoms. The Labute approximate surface area is 129 Å². The predicted molar refractivity (Wildman–Crippen MR) is 84.4 cm³/mol. The molecule has 0 amide bonds. The topological polar surface area (TPSA) is 55.6 Å². The Morgan fingerprint density at radius 1 is 1.38 bits per heavy atom. The number of hydrogen-bond acceptors (Lipinski definition) is 5. The Morgan fingerprint density at radius 3 is 2.90 bits per heavy atom. The molecule has 1 aliphatic rings. The van der Waals surface area contributed by atoms with Crippen molar-refractivity contribution >= 4 is 11.8 Å². The average molecular weight is 303 g/mol. The van der Waals surface area contributed by atoms with Gasteiger partial charge in [-0.3, -0.25) is 0 Å². The molecule has 2 aromatic rings. The van der Waals surface area contributed by atoms with Crippen molar-refractivity contribution in [3.05, 3.63) is 35.4 Å². The number of aromatic nitrogens is 4. The van der Waals surface area contributed by atoms with Gasteiger partial charge in [0.2, 0.25) is 5.16 Å². The highest BCUT2D eigenvalue weighted by atomic mass is 32.2. The zero-order valence-corrected chi connectivity index (χ0v) is 13.3. The van der Waals surface area contributed by atoms with Gasteiger partial charge in [-0.05, 0) is 47.9 Å². The first-order valence-corrected chi connectivity index (χ1v) is 8.47. The van der Waals surface area contributed by atoms with Crippen LogP contribution < -0.4 is 5.32 Å². The van der Waals surface area contributed by atoms with Gasteiger partial charge in [0.05, 0.1) is 6.04 Å². The van der Waals surface area contributed by atoms with E-state index in [1.807, 2.05) is 4.68 Å². The van der Waals surface area contributed by atoms with E-state index in [-0.39, 0.29) is 0 Å². The molecule has 1 heterocycles. The number of rotatable bonds is 7. The minimum absolute atomic E-state index is 0.325. The number of benzene rings is 1. The maximum atomic E-state index is 4.16. The molecule has 1 N–H and O–H groups in total. The van der Waals surface area contributed by atoms with Crippen molar-refractivity contribution in [2.24, 2.45) is 0 Å². The average Bonchev–Trinajstić information content (AvgIpc) is 3.23. The van der Waals surface area contributed by atoms with Crippen molar-refractivity contribution in [3.8, 4) is 0 Å². The summed E-state index contributed by atoms with van der Waals surface area (Å²) >= 11 is 1.74. The van der Waals surface area contributed by atoms with E-state index in [0.29, 0.717) is 12.1 Å². The quantitative estimate of drug-likeness (QED) is 0.797. The first kappa shape index (κ1) is 14.5. The number of thioether (sulfide) groups is 1. The third-order valence-corrected chi connectivity index (χ3v) is 4.78. The fourth-order valence-corrected chi connectivity index (χ4v) is 3.49. The van der Waals surface area contributed by atoms with Crippen LogP contribution in [0.3, 0.4) is 0 Å². The second kappa shape index (κ2) is 6.58. The van der Waals surface area contributed by atoms with Crippen molar-refractivity contribution in [3.63, 3.8) is 0 Å². The fraction of sp³-hybridized carbons (Fsp3) is 0.533. The van der Waals surface area contributed by atoms with Crippen LogP contribution in [-0.4, -0.2) is 32.5 Å². The van der Waals surface area contributed by atoms with Crippen LogP contribution in [0.25, 0.3) is 0 Å². The van der Waals surface area contributed by atoms with E-state index in [1.165, 1.54) is 24.0 Å². The van der Waals surface area contributed by atoms with Crippen LogP contribution in [0.4, 0.5) is 0 Å².